The molecule has 5 heteroatoms. The van der Waals surface area contributed by atoms with Crippen LogP contribution in [0, 0.1) is 5.92 Å². The minimum Gasteiger partial charge on any atom is -0.372 e. The van der Waals surface area contributed by atoms with Crippen LogP contribution in [0.4, 0.5) is 16.2 Å². The number of hydrogen-bond acceptors (Lipinski definition) is 3. The van der Waals surface area contributed by atoms with Gasteiger partial charge in [0.15, 0.2) is 0 Å². The number of amides is 2. The van der Waals surface area contributed by atoms with Gasteiger partial charge in [0.25, 0.3) is 0 Å². The quantitative estimate of drug-likeness (QED) is 0.870. The van der Waals surface area contributed by atoms with Crippen LogP contribution in [0.3, 0.4) is 0 Å². The van der Waals surface area contributed by atoms with E-state index in [4.69, 9.17) is 4.74 Å². The largest absolute Gasteiger partial charge is 0.372 e. The summed E-state index contributed by atoms with van der Waals surface area (Å²) < 4.78 is 5.79. The number of anilines is 2. The van der Waals surface area contributed by atoms with Gasteiger partial charge in [-0.2, -0.15) is 0 Å². The van der Waals surface area contributed by atoms with Crippen molar-refractivity contribution >= 4 is 17.4 Å². The number of nitrogens with one attached hydrogen (secondary N) is 2. The Labute approximate surface area is 151 Å². The molecule has 1 saturated carbocycles. The first-order valence-corrected chi connectivity index (χ1v) is 9.59. The van der Waals surface area contributed by atoms with E-state index < -0.39 is 0 Å². The van der Waals surface area contributed by atoms with Crippen LogP contribution in [0.15, 0.2) is 24.3 Å². The Hall–Kier alpha value is -1.75. The number of rotatable bonds is 3. The lowest BCUT2D eigenvalue weighted by Gasteiger charge is -2.36. The van der Waals surface area contributed by atoms with Gasteiger partial charge in [-0.1, -0.05) is 19.8 Å². The number of urea groups is 1. The molecule has 3 rings (SSSR count). The normalized spacial score (nSPS) is 30.0. The Morgan fingerprint density at radius 2 is 1.68 bits per heavy atom. The minimum absolute atomic E-state index is 0.0971. The van der Waals surface area contributed by atoms with Crippen molar-refractivity contribution in [1.29, 1.82) is 0 Å². The number of ether oxygens (including phenoxy) is 1. The fourth-order valence-corrected chi connectivity index (χ4v) is 4.01. The van der Waals surface area contributed by atoms with Crippen molar-refractivity contribution in [3.8, 4) is 0 Å². The summed E-state index contributed by atoms with van der Waals surface area (Å²) in [6.07, 6.45) is 5.26. The van der Waals surface area contributed by atoms with Gasteiger partial charge in [0.05, 0.1) is 12.2 Å². The third kappa shape index (κ3) is 4.88. The van der Waals surface area contributed by atoms with Crippen LogP contribution in [-0.2, 0) is 4.74 Å². The Morgan fingerprint density at radius 1 is 1.04 bits per heavy atom. The van der Waals surface area contributed by atoms with E-state index in [0.717, 1.165) is 25.2 Å². The van der Waals surface area contributed by atoms with Crippen molar-refractivity contribution in [2.24, 2.45) is 5.92 Å². The van der Waals surface area contributed by atoms with Gasteiger partial charge in [-0.05, 0) is 56.9 Å². The van der Waals surface area contributed by atoms with Gasteiger partial charge in [0.1, 0.15) is 0 Å². The molecular weight excluding hydrogens is 314 g/mol. The summed E-state index contributed by atoms with van der Waals surface area (Å²) in [6, 6.07) is 8.30. The SMILES string of the molecule is CC1CN(c2ccc(NC(=O)NC3CCCCC3C)cc2)CC(C)O1. The highest BCUT2D eigenvalue weighted by atomic mass is 16.5. The van der Waals surface area contributed by atoms with Crippen LogP contribution >= 0.6 is 0 Å². The molecule has 4 unspecified atom stereocenters. The Balaban J connectivity index is 1.54. The fraction of sp³-hybridized carbons (Fsp3) is 0.650. The second kappa shape index (κ2) is 8.09. The molecule has 5 nitrogen and oxygen atoms in total. The number of morpholine rings is 1. The Morgan fingerprint density at radius 3 is 2.32 bits per heavy atom. The standard InChI is InChI=1S/C20H31N3O2/c1-14-6-4-5-7-19(14)22-20(24)21-17-8-10-18(11-9-17)23-12-15(2)25-16(3)13-23/h8-11,14-16,19H,4-7,12-13H2,1-3H3,(H2,21,22,24). The van der Waals surface area contributed by atoms with Gasteiger partial charge in [0.2, 0.25) is 0 Å². The highest BCUT2D eigenvalue weighted by Gasteiger charge is 2.23. The highest BCUT2D eigenvalue weighted by Crippen LogP contribution is 2.24. The van der Waals surface area contributed by atoms with E-state index >= 15 is 0 Å². The lowest BCUT2D eigenvalue weighted by molar-refractivity contribution is -0.00521. The van der Waals surface area contributed by atoms with E-state index in [1.807, 2.05) is 12.1 Å². The van der Waals surface area contributed by atoms with Gasteiger partial charge in [-0.25, -0.2) is 4.79 Å². The maximum Gasteiger partial charge on any atom is 0.319 e. The number of nitrogens with zero attached hydrogens (tertiary/aromatic N) is 1. The fourth-order valence-electron chi connectivity index (χ4n) is 4.01. The third-order valence-electron chi connectivity index (χ3n) is 5.34. The molecule has 1 aromatic carbocycles. The van der Waals surface area contributed by atoms with Crippen molar-refractivity contribution in [1.82, 2.24) is 5.32 Å². The molecule has 1 heterocycles. The molecular formula is C20H31N3O2. The number of hydrogen-bond donors (Lipinski definition) is 2. The zero-order chi connectivity index (χ0) is 17.8. The molecule has 1 saturated heterocycles. The first-order chi connectivity index (χ1) is 12.0. The molecule has 0 radical (unpaired) electrons. The van der Waals surface area contributed by atoms with Crippen LogP contribution in [0.1, 0.15) is 46.5 Å². The summed E-state index contributed by atoms with van der Waals surface area (Å²) in [5.74, 6) is 0.562. The molecule has 2 aliphatic rings. The Bertz CT molecular complexity index is 565. The zero-order valence-corrected chi connectivity index (χ0v) is 15.6. The number of carbonyl (C=O) groups is 1. The van der Waals surface area contributed by atoms with Crippen LogP contribution < -0.4 is 15.5 Å². The summed E-state index contributed by atoms with van der Waals surface area (Å²) >= 11 is 0. The molecule has 2 amide bonds. The van der Waals surface area contributed by atoms with E-state index in [-0.39, 0.29) is 18.2 Å². The van der Waals surface area contributed by atoms with Crippen LogP contribution in [-0.4, -0.2) is 37.4 Å². The van der Waals surface area contributed by atoms with E-state index in [2.05, 4.69) is 48.4 Å². The van der Waals surface area contributed by atoms with Crippen molar-refractivity contribution in [2.75, 3.05) is 23.3 Å². The van der Waals surface area contributed by atoms with E-state index in [0.29, 0.717) is 12.0 Å². The molecule has 2 N–H and O–H groups in total. The van der Waals surface area contributed by atoms with Crippen LogP contribution in [0.2, 0.25) is 0 Å². The minimum atomic E-state index is -0.0971. The Kier molecular flexibility index (Phi) is 5.84. The van der Waals surface area contributed by atoms with Gasteiger partial charge < -0.3 is 20.3 Å². The van der Waals surface area contributed by atoms with Crippen molar-refractivity contribution in [3.05, 3.63) is 24.3 Å². The molecule has 25 heavy (non-hydrogen) atoms. The molecule has 1 aliphatic heterocycles. The molecule has 4 atom stereocenters. The third-order valence-corrected chi connectivity index (χ3v) is 5.34. The molecule has 2 fully saturated rings. The molecule has 0 bridgehead atoms. The van der Waals surface area contributed by atoms with Crippen molar-refractivity contribution in [3.63, 3.8) is 0 Å². The second-order valence-electron chi connectivity index (χ2n) is 7.68. The zero-order valence-electron chi connectivity index (χ0n) is 15.6. The first-order valence-electron chi connectivity index (χ1n) is 9.59. The van der Waals surface area contributed by atoms with Gasteiger partial charge in [-0.15, -0.1) is 0 Å². The van der Waals surface area contributed by atoms with E-state index in [1.165, 1.54) is 24.9 Å². The van der Waals surface area contributed by atoms with Gasteiger partial charge in [-0.3, -0.25) is 0 Å². The second-order valence-corrected chi connectivity index (χ2v) is 7.68. The molecule has 0 aromatic heterocycles. The number of benzene rings is 1. The summed E-state index contributed by atoms with van der Waals surface area (Å²) in [5.41, 5.74) is 2.01. The summed E-state index contributed by atoms with van der Waals surface area (Å²) in [5, 5.41) is 6.09. The van der Waals surface area contributed by atoms with Gasteiger partial charge in [0, 0.05) is 30.5 Å². The van der Waals surface area contributed by atoms with Gasteiger partial charge >= 0.3 is 6.03 Å². The first kappa shape index (κ1) is 18.1. The van der Waals surface area contributed by atoms with Crippen LogP contribution in [0.25, 0.3) is 0 Å². The average molecular weight is 345 g/mol. The van der Waals surface area contributed by atoms with Crippen molar-refractivity contribution in [2.45, 2.75) is 64.7 Å². The van der Waals surface area contributed by atoms with E-state index in [1.54, 1.807) is 0 Å². The van der Waals surface area contributed by atoms with Crippen LogP contribution in [0.5, 0.6) is 0 Å². The molecule has 138 valence electrons. The maximum absolute atomic E-state index is 12.2. The van der Waals surface area contributed by atoms with Crippen molar-refractivity contribution < 1.29 is 9.53 Å². The predicted octanol–water partition coefficient (Wildman–Crippen LogP) is 4.00. The topological polar surface area (TPSA) is 53.6 Å². The lowest BCUT2D eigenvalue weighted by atomic mass is 9.86. The predicted molar refractivity (Wildman–Crippen MR) is 102 cm³/mol. The number of carbonyl (C=O) groups excluding carboxylic acids is 1. The van der Waals surface area contributed by atoms with E-state index in [9.17, 15) is 4.79 Å². The average Bonchev–Trinajstić information content (AvgIpc) is 2.57. The summed E-state index contributed by atoms with van der Waals surface area (Å²) in [4.78, 5) is 14.6. The molecule has 1 aromatic rings. The monoisotopic (exact) mass is 345 g/mol. The summed E-state index contributed by atoms with van der Waals surface area (Å²) in [7, 11) is 0. The molecule has 0 spiro atoms. The lowest BCUT2D eigenvalue weighted by Crippen LogP contribution is -2.45. The highest BCUT2D eigenvalue weighted by molar-refractivity contribution is 5.89. The molecule has 1 aliphatic carbocycles. The smallest absolute Gasteiger partial charge is 0.319 e. The summed E-state index contributed by atoms with van der Waals surface area (Å²) in [6.45, 7) is 8.24. The maximum atomic E-state index is 12.2.